The van der Waals surface area contributed by atoms with Crippen molar-refractivity contribution in [3.8, 4) is 0 Å². The lowest BCUT2D eigenvalue weighted by Crippen LogP contribution is -1.78. The third kappa shape index (κ3) is 0.620. The number of aromatic nitrogens is 2. The summed E-state index contributed by atoms with van der Waals surface area (Å²) in [7, 11) is 5.53. The Morgan fingerprint density at radius 3 is 2.90 bits per heavy atom. The van der Waals surface area contributed by atoms with Crippen LogP contribution in [0.25, 0.3) is 11.0 Å². The molecule has 10 heavy (non-hydrogen) atoms. The smallest absolute Gasteiger partial charge is 0.0962 e. The molecule has 48 valence electrons. The summed E-state index contributed by atoms with van der Waals surface area (Å²) in [5, 5.41) is 0. The molecule has 0 bridgehead atoms. The van der Waals surface area contributed by atoms with E-state index in [1.165, 1.54) is 4.57 Å². The SMILES string of the molecule is [CH]n1cnc2ccccc21. The largest absolute Gasteiger partial charge is 0.323 e. The molecule has 2 heteroatoms. The second-order valence-electron chi connectivity index (χ2n) is 2.14. The maximum Gasteiger partial charge on any atom is 0.0962 e. The van der Waals surface area contributed by atoms with Crippen LogP contribution in [0.2, 0.25) is 0 Å². The van der Waals surface area contributed by atoms with E-state index in [0.29, 0.717) is 0 Å². The first-order chi connectivity index (χ1) is 4.88. The Labute approximate surface area is 59.1 Å². The van der Waals surface area contributed by atoms with Gasteiger partial charge in [0.2, 0.25) is 0 Å². The van der Waals surface area contributed by atoms with Gasteiger partial charge in [-0.15, -0.1) is 0 Å². The Morgan fingerprint density at radius 2 is 2.10 bits per heavy atom. The van der Waals surface area contributed by atoms with Crippen molar-refractivity contribution in [1.82, 2.24) is 9.55 Å². The highest BCUT2D eigenvalue weighted by atomic mass is 15.0. The lowest BCUT2D eigenvalue weighted by molar-refractivity contribution is 1.10. The van der Waals surface area contributed by atoms with E-state index in [0.717, 1.165) is 11.0 Å². The van der Waals surface area contributed by atoms with Crippen molar-refractivity contribution in [1.29, 1.82) is 0 Å². The number of nitrogens with zero attached hydrogens (tertiary/aromatic N) is 2. The van der Waals surface area contributed by atoms with E-state index in [4.69, 9.17) is 7.05 Å². The fourth-order valence-electron chi connectivity index (χ4n) is 0.978. The van der Waals surface area contributed by atoms with Crippen molar-refractivity contribution in [2.24, 2.45) is 0 Å². The van der Waals surface area contributed by atoms with Crippen LogP contribution in [-0.4, -0.2) is 9.55 Å². The van der Waals surface area contributed by atoms with Gasteiger partial charge >= 0.3 is 0 Å². The van der Waals surface area contributed by atoms with Crippen molar-refractivity contribution in [3.05, 3.63) is 37.6 Å². The van der Waals surface area contributed by atoms with Crippen LogP contribution in [0.1, 0.15) is 0 Å². The lowest BCUT2D eigenvalue weighted by Gasteiger charge is -1.89. The maximum atomic E-state index is 5.53. The van der Waals surface area contributed by atoms with Crippen LogP contribution in [-0.2, 0) is 0 Å². The minimum Gasteiger partial charge on any atom is -0.323 e. The molecule has 0 aliphatic carbocycles. The number of fused-ring (bicyclic) bond motifs is 1. The van der Waals surface area contributed by atoms with E-state index in [1.807, 2.05) is 24.3 Å². The van der Waals surface area contributed by atoms with E-state index in [9.17, 15) is 0 Å². The quantitative estimate of drug-likeness (QED) is 0.529. The molecule has 0 N–H and O–H groups in total. The molecule has 1 heterocycles. The van der Waals surface area contributed by atoms with Crippen LogP contribution < -0.4 is 0 Å². The van der Waals surface area contributed by atoms with Crippen LogP contribution in [0.3, 0.4) is 0 Å². The molecule has 0 unspecified atom stereocenters. The molecule has 0 saturated heterocycles. The predicted molar refractivity (Wildman–Crippen MR) is 39.4 cm³/mol. The van der Waals surface area contributed by atoms with Gasteiger partial charge in [-0.3, -0.25) is 0 Å². The van der Waals surface area contributed by atoms with Crippen molar-refractivity contribution < 1.29 is 0 Å². The molecule has 0 spiro atoms. The Hall–Kier alpha value is -1.31. The molecule has 0 atom stereocenters. The predicted octanol–water partition coefficient (Wildman–Crippen LogP) is 1.55. The van der Waals surface area contributed by atoms with Crippen LogP contribution in [0.4, 0.5) is 0 Å². The van der Waals surface area contributed by atoms with Gasteiger partial charge in [-0.2, -0.15) is 0 Å². The van der Waals surface area contributed by atoms with E-state index >= 15 is 0 Å². The van der Waals surface area contributed by atoms with E-state index in [2.05, 4.69) is 4.98 Å². The summed E-state index contributed by atoms with van der Waals surface area (Å²) in [6.45, 7) is 0. The van der Waals surface area contributed by atoms with Crippen LogP contribution in [0.15, 0.2) is 30.6 Å². The number of para-hydroxylation sites is 2. The Bertz CT molecular complexity index is 349. The van der Waals surface area contributed by atoms with Crippen molar-refractivity contribution >= 4 is 11.0 Å². The number of imidazole rings is 1. The summed E-state index contributed by atoms with van der Waals surface area (Å²) in [4.78, 5) is 4.06. The van der Waals surface area contributed by atoms with Gasteiger partial charge in [0.25, 0.3) is 0 Å². The molecular formula is C8H6N2. The van der Waals surface area contributed by atoms with Crippen LogP contribution >= 0.6 is 0 Å². The zero-order valence-electron chi connectivity index (χ0n) is 5.36. The van der Waals surface area contributed by atoms with Gasteiger partial charge in [-0.05, 0) is 12.1 Å². The lowest BCUT2D eigenvalue weighted by atomic mass is 10.3. The average molecular weight is 130 g/mol. The Morgan fingerprint density at radius 1 is 1.30 bits per heavy atom. The second kappa shape index (κ2) is 1.84. The van der Waals surface area contributed by atoms with Gasteiger partial charge in [0.05, 0.1) is 24.4 Å². The van der Waals surface area contributed by atoms with E-state index in [1.54, 1.807) is 6.33 Å². The normalized spacial score (nSPS) is 10.5. The first-order valence-electron chi connectivity index (χ1n) is 3.05. The third-order valence-electron chi connectivity index (χ3n) is 1.48. The highest BCUT2D eigenvalue weighted by molar-refractivity contribution is 5.75. The highest BCUT2D eigenvalue weighted by Crippen LogP contribution is 2.09. The monoisotopic (exact) mass is 130 g/mol. The fraction of sp³-hybridized carbons (Fsp3) is 0. The first-order valence-corrected chi connectivity index (χ1v) is 3.05. The Balaban J connectivity index is 2.93. The summed E-state index contributed by atoms with van der Waals surface area (Å²) in [5.74, 6) is 0. The summed E-state index contributed by atoms with van der Waals surface area (Å²) in [5.41, 5.74) is 1.90. The van der Waals surface area contributed by atoms with Gasteiger partial charge < -0.3 is 4.57 Å². The average Bonchev–Trinajstić information content (AvgIpc) is 2.34. The fourth-order valence-corrected chi connectivity index (χ4v) is 0.978. The highest BCUT2D eigenvalue weighted by Gasteiger charge is 1.94. The standard InChI is InChI=1S/C8H6N2/c1-10-6-9-7-4-2-3-5-8(7)10/h1-6H. The van der Waals surface area contributed by atoms with Gasteiger partial charge in [-0.25, -0.2) is 4.98 Å². The molecule has 2 aromatic rings. The second-order valence-corrected chi connectivity index (χ2v) is 2.14. The van der Waals surface area contributed by atoms with E-state index < -0.39 is 0 Å². The van der Waals surface area contributed by atoms with Crippen molar-refractivity contribution in [3.63, 3.8) is 0 Å². The topological polar surface area (TPSA) is 17.8 Å². The molecule has 2 nitrogen and oxygen atoms in total. The number of benzene rings is 1. The molecule has 2 rings (SSSR count). The summed E-state index contributed by atoms with van der Waals surface area (Å²) in [6, 6.07) is 7.74. The van der Waals surface area contributed by atoms with Gasteiger partial charge in [0.1, 0.15) is 0 Å². The number of hydrogen-bond donors (Lipinski definition) is 0. The first kappa shape index (κ1) is 5.47. The van der Waals surface area contributed by atoms with Crippen molar-refractivity contribution in [2.45, 2.75) is 0 Å². The zero-order valence-corrected chi connectivity index (χ0v) is 5.36. The molecule has 1 aromatic heterocycles. The van der Waals surface area contributed by atoms with Crippen LogP contribution in [0.5, 0.6) is 0 Å². The molecule has 0 aliphatic heterocycles. The molecule has 1 aromatic carbocycles. The summed E-state index contributed by atoms with van der Waals surface area (Å²) >= 11 is 0. The van der Waals surface area contributed by atoms with Gasteiger partial charge in [0, 0.05) is 0 Å². The molecule has 2 radical (unpaired) electrons. The van der Waals surface area contributed by atoms with E-state index in [-0.39, 0.29) is 0 Å². The molecule has 0 saturated carbocycles. The molecule has 0 fully saturated rings. The third-order valence-corrected chi connectivity index (χ3v) is 1.48. The minimum atomic E-state index is 0.935. The van der Waals surface area contributed by atoms with Crippen LogP contribution in [0, 0.1) is 7.05 Å². The van der Waals surface area contributed by atoms with Crippen molar-refractivity contribution in [2.75, 3.05) is 0 Å². The van der Waals surface area contributed by atoms with Gasteiger partial charge in [0.15, 0.2) is 0 Å². The summed E-state index contributed by atoms with van der Waals surface area (Å²) in [6.07, 6.45) is 1.60. The number of rotatable bonds is 0. The molecule has 0 aliphatic rings. The Kier molecular flexibility index (Phi) is 1.01. The van der Waals surface area contributed by atoms with Gasteiger partial charge in [-0.1, -0.05) is 12.1 Å². The minimum absolute atomic E-state index is 0.935. The number of hydrogen-bond acceptors (Lipinski definition) is 1. The molecule has 0 amide bonds. The summed E-state index contributed by atoms with van der Waals surface area (Å²) < 4.78 is 1.51. The maximum absolute atomic E-state index is 5.53. The molecular weight excluding hydrogens is 124 g/mol. The zero-order chi connectivity index (χ0) is 6.97.